The highest BCUT2D eigenvalue weighted by Crippen LogP contribution is 2.25. The fraction of sp³-hybridized carbons (Fsp3) is 0.357. The lowest BCUT2D eigenvalue weighted by Gasteiger charge is -2.11. The van der Waals surface area contributed by atoms with E-state index in [1.54, 1.807) is 23.1 Å². The average Bonchev–Trinajstić information content (AvgIpc) is 2.98. The van der Waals surface area contributed by atoms with Crippen LogP contribution in [0, 0.1) is 6.92 Å². The molecule has 3 nitrogen and oxygen atoms in total. The summed E-state index contributed by atoms with van der Waals surface area (Å²) >= 11 is 8.99. The third kappa shape index (κ3) is 4.58. The van der Waals surface area contributed by atoms with Crippen LogP contribution >= 0.6 is 34.7 Å². The lowest BCUT2D eigenvalue weighted by atomic mass is 10.2. The lowest BCUT2D eigenvalue weighted by molar-refractivity contribution is -0.119. The van der Waals surface area contributed by atoms with Gasteiger partial charge in [-0.05, 0) is 38.1 Å². The van der Waals surface area contributed by atoms with E-state index in [-0.39, 0.29) is 11.9 Å². The Morgan fingerprint density at radius 2 is 2.25 bits per heavy atom. The third-order valence-corrected chi connectivity index (χ3v) is 5.07. The van der Waals surface area contributed by atoms with E-state index in [0.29, 0.717) is 5.75 Å². The van der Waals surface area contributed by atoms with E-state index in [9.17, 15) is 4.79 Å². The molecule has 2 aromatic heterocycles. The predicted octanol–water partition coefficient (Wildman–Crippen LogP) is 4.41. The van der Waals surface area contributed by atoms with Crippen molar-refractivity contribution >= 4 is 40.6 Å². The van der Waals surface area contributed by atoms with Crippen LogP contribution in [0.3, 0.4) is 0 Å². The maximum atomic E-state index is 11.8. The Kier molecular flexibility index (Phi) is 5.57. The van der Waals surface area contributed by atoms with Gasteiger partial charge >= 0.3 is 0 Å². The number of aryl methyl sites for hydroxylation is 1. The topological polar surface area (TPSA) is 42.2 Å². The van der Waals surface area contributed by atoms with Gasteiger partial charge in [0.15, 0.2) is 0 Å². The van der Waals surface area contributed by atoms with Gasteiger partial charge in [-0.15, -0.1) is 23.1 Å². The van der Waals surface area contributed by atoms with Crippen molar-refractivity contribution in [1.82, 2.24) is 5.32 Å². The van der Waals surface area contributed by atoms with Crippen LogP contribution in [0.4, 0.5) is 0 Å². The largest absolute Gasteiger partial charge is 0.464 e. The summed E-state index contributed by atoms with van der Waals surface area (Å²) in [6.45, 7) is 3.81. The van der Waals surface area contributed by atoms with Gasteiger partial charge in [0.25, 0.3) is 0 Å². The van der Waals surface area contributed by atoms with Crippen molar-refractivity contribution in [2.45, 2.75) is 25.6 Å². The van der Waals surface area contributed by atoms with Gasteiger partial charge in [0.2, 0.25) is 5.91 Å². The van der Waals surface area contributed by atoms with E-state index < -0.39 is 0 Å². The Balaban J connectivity index is 1.72. The van der Waals surface area contributed by atoms with Gasteiger partial charge in [-0.2, -0.15) is 0 Å². The number of halogens is 1. The Hall–Kier alpha value is -0.910. The number of furan rings is 1. The predicted molar refractivity (Wildman–Crippen MR) is 85.5 cm³/mol. The Bertz CT molecular complexity index is 579. The van der Waals surface area contributed by atoms with Gasteiger partial charge < -0.3 is 9.73 Å². The molecule has 2 heterocycles. The highest BCUT2D eigenvalue weighted by Gasteiger charge is 2.12. The molecule has 6 heteroatoms. The quantitative estimate of drug-likeness (QED) is 0.853. The molecule has 0 saturated heterocycles. The van der Waals surface area contributed by atoms with E-state index >= 15 is 0 Å². The fourth-order valence-corrected chi connectivity index (χ4v) is 3.75. The number of thiophene rings is 1. The second kappa shape index (κ2) is 7.20. The normalized spacial score (nSPS) is 12.3. The summed E-state index contributed by atoms with van der Waals surface area (Å²) in [5.41, 5.74) is 0. The number of thioether (sulfide) groups is 1. The number of hydrogen-bond donors (Lipinski definition) is 1. The first-order chi connectivity index (χ1) is 9.54. The zero-order chi connectivity index (χ0) is 14.5. The van der Waals surface area contributed by atoms with Crippen molar-refractivity contribution in [3.8, 4) is 0 Å². The van der Waals surface area contributed by atoms with E-state index in [1.807, 2.05) is 38.1 Å². The molecule has 108 valence electrons. The molecule has 1 atom stereocenters. The van der Waals surface area contributed by atoms with E-state index in [4.69, 9.17) is 16.0 Å². The molecular formula is C14H16ClNO2S2. The van der Waals surface area contributed by atoms with Crippen molar-refractivity contribution in [3.63, 3.8) is 0 Å². The Morgan fingerprint density at radius 3 is 2.85 bits per heavy atom. The summed E-state index contributed by atoms with van der Waals surface area (Å²) in [5, 5.41) is 2.92. The molecule has 1 N–H and O–H groups in total. The Labute approximate surface area is 131 Å². The molecule has 0 aliphatic rings. The van der Waals surface area contributed by atoms with Crippen molar-refractivity contribution in [2.75, 3.05) is 5.75 Å². The summed E-state index contributed by atoms with van der Waals surface area (Å²) in [5.74, 6) is 2.88. The second-order valence-corrected chi connectivity index (χ2v) is 7.22. The maximum absolute atomic E-state index is 11.8. The molecule has 0 fully saturated rings. The lowest BCUT2D eigenvalue weighted by Crippen LogP contribution is -2.27. The van der Waals surface area contributed by atoms with E-state index in [0.717, 1.165) is 21.6 Å². The number of rotatable bonds is 6. The first-order valence-corrected chi connectivity index (χ1v) is 8.57. The highest BCUT2D eigenvalue weighted by atomic mass is 35.5. The molecule has 0 aromatic carbocycles. The maximum Gasteiger partial charge on any atom is 0.230 e. The van der Waals surface area contributed by atoms with E-state index in [1.165, 1.54) is 4.88 Å². The summed E-state index contributed by atoms with van der Waals surface area (Å²) in [6.07, 6.45) is 0. The smallest absolute Gasteiger partial charge is 0.230 e. The molecule has 1 unspecified atom stereocenters. The van der Waals surface area contributed by atoms with Gasteiger partial charge in [0.05, 0.1) is 16.1 Å². The molecule has 0 spiro atoms. The van der Waals surface area contributed by atoms with Crippen molar-refractivity contribution in [3.05, 3.63) is 45.0 Å². The zero-order valence-electron chi connectivity index (χ0n) is 11.3. The molecule has 0 aliphatic heterocycles. The first-order valence-electron chi connectivity index (χ1n) is 6.22. The molecular weight excluding hydrogens is 314 g/mol. The molecule has 0 aliphatic carbocycles. The molecule has 1 amide bonds. The van der Waals surface area contributed by atoms with Crippen LogP contribution in [0.15, 0.2) is 28.7 Å². The standard InChI is InChI=1S/C14H16ClNO2S2/c1-9-3-5-12(18-9)10(2)16-14(17)8-19-7-11-4-6-13(15)20-11/h3-6,10H,7-8H2,1-2H3,(H,16,17). The molecule has 20 heavy (non-hydrogen) atoms. The second-order valence-electron chi connectivity index (χ2n) is 4.44. The summed E-state index contributed by atoms with van der Waals surface area (Å²) in [7, 11) is 0. The first kappa shape index (κ1) is 15.5. The number of amides is 1. The zero-order valence-corrected chi connectivity index (χ0v) is 13.7. The van der Waals surface area contributed by atoms with Crippen LogP contribution < -0.4 is 5.32 Å². The molecule has 2 aromatic rings. The van der Waals surface area contributed by atoms with Crippen LogP contribution in [0.5, 0.6) is 0 Å². The summed E-state index contributed by atoms with van der Waals surface area (Å²) < 4.78 is 6.27. The van der Waals surface area contributed by atoms with Crippen LogP contribution in [-0.2, 0) is 10.5 Å². The average molecular weight is 330 g/mol. The van der Waals surface area contributed by atoms with Crippen LogP contribution in [0.1, 0.15) is 29.4 Å². The minimum Gasteiger partial charge on any atom is -0.464 e. The van der Waals surface area contributed by atoms with Crippen molar-refractivity contribution in [1.29, 1.82) is 0 Å². The van der Waals surface area contributed by atoms with Gasteiger partial charge in [-0.25, -0.2) is 0 Å². The molecule has 2 rings (SSSR count). The fourth-order valence-electron chi connectivity index (χ4n) is 1.71. The van der Waals surface area contributed by atoms with Gasteiger partial charge in [-0.3, -0.25) is 4.79 Å². The highest BCUT2D eigenvalue weighted by molar-refractivity contribution is 7.99. The van der Waals surface area contributed by atoms with E-state index in [2.05, 4.69) is 5.32 Å². The summed E-state index contributed by atoms with van der Waals surface area (Å²) in [6, 6.07) is 7.55. The monoisotopic (exact) mass is 329 g/mol. The number of hydrogen-bond acceptors (Lipinski definition) is 4. The number of nitrogens with one attached hydrogen (secondary N) is 1. The van der Waals surface area contributed by atoms with Crippen LogP contribution in [0.2, 0.25) is 4.34 Å². The van der Waals surface area contributed by atoms with Gasteiger partial charge in [0.1, 0.15) is 11.5 Å². The van der Waals surface area contributed by atoms with Gasteiger partial charge in [-0.1, -0.05) is 11.6 Å². The molecule has 0 saturated carbocycles. The third-order valence-electron chi connectivity index (χ3n) is 2.67. The molecule has 0 radical (unpaired) electrons. The minimum absolute atomic E-state index is 0.0132. The summed E-state index contributed by atoms with van der Waals surface area (Å²) in [4.78, 5) is 13.0. The van der Waals surface area contributed by atoms with Gasteiger partial charge in [0, 0.05) is 10.6 Å². The van der Waals surface area contributed by atoms with Crippen molar-refractivity contribution in [2.24, 2.45) is 0 Å². The van der Waals surface area contributed by atoms with Crippen molar-refractivity contribution < 1.29 is 9.21 Å². The minimum atomic E-state index is -0.104. The van der Waals surface area contributed by atoms with Crippen LogP contribution in [0.25, 0.3) is 0 Å². The molecule has 0 bridgehead atoms. The Morgan fingerprint density at radius 1 is 1.45 bits per heavy atom. The number of carbonyl (C=O) groups excluding carboxylic acids is 1. The number of carbonyl (C=O) groups is 1. The van der Waals surface area contributed by atoms with Crippen LogP contribution in [-0.4, -0.2) is 11.7 Å². The SMILES string of the molecule is Cc1ccc(C(C)NC(=O)CSCc2ccc(Cl)s2)o1.